The van der Waals surface area contributed by atoms with Crippen molar-refractivity contribution in [2.45, 2.75) is 18.9 Å². The van der Waals surface area contributed by atoms with E-state index in [0.717, 1.165) is 29.0 Å². The first-order valence-electron chi connectivity index (χ1n) is 7.21. The monoisotopic (exact) mass is 374 g/mol. The van der Waals surface area contributed by atoms with E-state index in [-0.39, 0.29) is 11.9 Å². The summed E-state index contributed by atoms with van der Waals surface area (Å²) >= 11 is 3.42. The predicted octanol–water partition coefficient (Wildman–Crippen LogP) is 3.44. The Hall–Kier alpha value is -2.28. The molecule has 0 radical (unpaired) electrons. The molecule has 5 nitrogen and oxygen atoms in total. The summed E-state index contributed by atoms with van der Waals surface area (Å²) in [7, 11) is 0. The zero-order chi connectivity index (χ0) is 16.0. The molecular weight excluding hydrogens is 363 g/mol. The molecule has 1 fully saturated rings. The Bertz CT molecular complexity index is 889. The summed E-state index contributed by atoms with van der Waals surface area (Å²) in [6.45, 7) is 0. The SMILES string of the molecule is O=C(c1ccn2ncc(Br)c2c1)N(c1ccc(F)cn1)C1CC1. The molecule has 0 bridgehead atoms. The lowest BCUT2D eigenvalue weighted by Crippen LogP contribution is -2.33. The normalized spacial score (nSPS) is 14.2. The molecule has 0 N–H and O–H groups in total. The van der Waals surface area contributed by atoms with Gasteiger partial charge in [-0.25, -0.2) is 13.9 Å². The number of carbonyl (C=O) groups is 1. The van der Waals surface area contributed by atoms with Crippen LogP contribution in [-0.2, 0) is 0 Å². The van der Waals surface area contributed by atoms with Crippen molar-refractivity contribution in [1.29, 1.82) is 0 Å². The molecule has 1 aliphatic rings. The van der Waals surface area contributed by atoms with Crippen molar-refractivity contribution in [2.24, 2.45) is 0 Å². The largest absolute Gasteiger partial charge is 0.290 e. The van der Waals surface area contributed by atoms with E-state index in [1.54, 1.807) is 40.0 Å². The third-order valence-corrected chi connectivity index (χ3v) is 4.42. The smallest absolute Gasteiger partial charge is 0.259 e. The van der Waals surface area contributed by atoms with Crippen LogP contribution in [0, 0.1) is 5.82 Å². The van der Waals surface area contributed by atoms with Crippen LogP contribution in [0.3, 0.4) is 0 Å². The van der Waals surface area contributed by atoms with Crippen LogP contribution in [0.2, 0.25) is 0 Å². The summed E-state index contributed by atoms with van der Waals surface area (Å²) < 4.78 is 15.6. The van der Waals surface area contributed by atoms with E-state index < -0.39 is 5.82 Å². The molecule has 0 spiro atoms. The number of hydrogen-bond acceptors (Lipinski definition) is 3. The maximum absolute atomic E-state index is 13.1. The van der Waals surface area contributed by atoms with Crippen molar-refractivity contribution in [3.8, 4) is 0 Å². The van der Waals surface area contributed by atoms with Crippen LogP contribution in [0.5, 0.6) is 0 Å². The molecule has 3 aromatic rings. The van der Waals surface area contributed by atoms with Crippen molar-refractivity contribution in [1.82, 2.24) is 14.6 Å². The van der Waals surface area contributed by atoms with Crippen molar-refractivity contribution in [2.75, 3.05) is 4.90 Å². The minimum atomic E-state index is -0.415. The minimum Gasteiger partial charge on any atom is -0.290 e. The van der Waals surface area contributed by atoms with E-state index in [1.165, 1.54) is 6.07 Å². The quantitative estimate of drug-likeness (QED) is 0.705. The van der Waals surface area contributed by atoms with Gasteiger partial charge in [0.05, 0.1) is 22.4 Å². The Morgan fingerprint density at radius 2 is 2.13 bits per heavy atom. The van der Waals surface area contributed by atoms with Crippen LogP contribution < -0.4 is 4.90 Å². The van der Waals surface area contributed by atoms with E-state index in [2.05, 4.69) is 26.0 Å². The predicted molar refractivity (Wildman–Crippen MR) is 86.9 cm³/mol. The van der Waals surface area contributed by atoms with E-state index in [1.807, 2.05) is 0 Å². The summed E-state index contributed by atoms with van der Waals surface area (Å²) in [5.41, 5.74) is 1.37. The number of hydrogen-bond donors (Lipinski definition) is 0. The fourth-order valence-electron chi connectivity index (χ4n) is 2.52. The second-order valence-corrected chi connectivity index (χ2v) is 6.33. The van der Waals surface area contributed by atoms with Crippen LogP contribution in [-0.4, -0.2) is 26.5 Å². The first kappa shape index (κ1) is 14.3. The van der Waals surface area contributed by atoms with Gasteiger partial charge < -0.3 is 0 Å². The lowest BCUT2D eigenvalue weighted by molar-refractivity contribution is 0.0984. The maximum Gasteiger partial charge on any atom is 0.259 e. The molecule has 0 unspecified atom stereocenters. The van der Waals surface area contributed by atoms with Gasteiger partial charge in [0.15, 0.2) is 0 Å². The van der Waals surface area contributed by atoms with Gasteiger partial charge in [-0.05, 0) is 53.0 Å². The van der Waals surface area contributed by atoms with Gasteiger partial charge >= 0.3 is 0 Å². The fraction of sp³-hybridized carbons (Fsp3) is 0.188. The second-order valence-electron chi connectivity index (χ2n) is 5.48. The molecular formula is C16H12BrFN4O. The molecule has 0 atom stereocenters. The Balaban J connectivity index is 1.74. The van der Waals surface area contributed by atoms with Crippen LogP contribution in [0.25, 0.3) is 5.52 Å². The molecule has 7 heteroatoms. The van der Waals surface area contributed by atoms with Crippen LogP contribution >= 0.6 is 15.9 Å². The molecule has 0 aliphatic heterocycles. The first-order valence-corrected chi connectivity index (χ1v) is 8.01. The minimum absolute atomic E-state index is 0.130. The summed E-state index contributed by atoms with van der Waals surface area (Å²) in [6, 6.07) is 6.51. The average Bonchev–Trinajstić information content (AvgIpc) is 3.33. The van der Waals surface area contributed by atoms with Gasteiger partial charge in [0, 0.05) is 17.8 Å². The van der Waals surface area contributed by atoms with Crippen molar-refractivity contribution in [3.05, 3.63) is 58.7 Å². The number of aromatic nitrogens is 3. The molecule has 3 aromatic heterocycles. The van der Waals surface area contributed by atoms with Gasteiger partial charge in [-0.3, -0.25) is 9.69 Å². The molecule has 1 aliphatic carbocycles. The number of fused-ring (bicyclic) bond motifs is 1. The molecule has 1 saturated carbocycles. The highest BCUT2D eigenvalue weighted by molar-refractivity contribution is 9.10. The second kappa shape index (κ2) is 5.42. The maximum atomic E-state index is 13.1. The summed E-state index contributed by atoms with van der Waals surface area (Å²) in [6.07, 6.45) is 6.43. The van der Waals surface area contributed by atoms with Crippen LogP contribution in [0.1, 0.15) is 23.2 Å². The van der Waals surface area contributed by atoms with Crippen molar-refractivity contribution < 1.29 is 9.18 Å². The Morgan fingerprint density at radius 1 is 1.30 bits per heavy atom. The van der Waals surface area contributed by atoms with Crippen molar-refractivity contribution >= 4 is 33.2 Å². The van der Waals surface area contributed by atoms with Gasteiger partial charge in [0.1, 0.15) is 11.6 Å². The summed E-state index contributed by atoms with van der Waals surface area (Å²) in [5.74, 6) is -0.0740. The summed E-state index contributed by atoms with van der Waals surface area (Å²) in [4.78, 5) is 18.6. The number of nitrogens with zero attached hydrogens (tertiary/aromatic N) is 4. The van der Waals surface area contributed by atoms with Crippen LogP contribution in [0.15, 0.2) is 47.3 Å². The summed E-state index contributed by atoms with van der Waals surface area (Å²) in [5, 5.41) is 4.17. The Kier molecular flexibility index (Phi) is 3.37. The molecule has 1 amide bonds. The highest BCUT2D eigenvalue weighted by atomic mass is 79.9. The number of amides is 1. The third-order valence-electron chi connectivity index (χ3n) is 3.81. The third kappa shape index (κ3) is 2.61. The number of pyridine rings is 2. The van der Waals surface area contributed by atoms with Gasteiger partial charge in [-0.2, -0.15) is 5.10 Å². The standard InChI is InChI=1S/C16H12BrFN4O/c17-13-9-20-21-6-5-10(7-14(13)21)16(23)22(12-2-3-12)15-4-1-11(18)8-19-15/h1,4-9,12H,2-3H2. The van der Waals surface area contributed by atoms with E-state index >= 15 is 0 Å². The zero-order valence-corrected chi connectivity index (χ0v) is 13.6. The van der Waals surface area contributed by atoms with E-state index in [9.17, 15) is 9.18 Å². The molecule has 0 aromatic carbocycles. The molecule has 3 heterocycles. The zero-order valence-electron chi connectivity index (χ0n) is 12.0. The number of halogens is 2. The van der Waals surface area contributed by atoms with Crippen LogP contribution in [0.4, 0.5) is 10.2 Å². The molecule has 0 saturated heterocycles. The highest BCUT2D eigenvalue weighted by Gasteiger charge is 2.35. The topological polar surface area (TPSA) is 50.5 Å². The number of carbonyl (C=O) groups excluding carboxylic acids is 1. The Labute approximate surface area is 139 Å². The highest BCUT2D eigenvalue weighted by Crippen LogP contribution is 2.32. The van der Waals surface area contributed by atoms with Gasteiger partial charge in [0.25, 0.3) is 5.91 Å². The molecule has 23 heavy (non-hydrogen) atoms. The van der Waals surface area contributed by atoms with E-state index in [0.29, 0.717) is 11.4 Å². The average molecular weight is 375 g/mol. The lowest BCUT2D eigenvalue weighted by atomic mass is 10.2. The Morgan fingerprint density at radius 3 is 2.83 bits per heavy atom. The van der Waals surface area contributed by atoms with Gasteiger partial charge in [-0.15, -0.1) is 0 Å². The van der Waals surface area contributed by atoms with Gasteiger partial charge in [-0.1, -0.05) is 0 Å². The lowest BCUT2D eigenvalue weighted by Gasteiger charge is -2.21. The molecule has 4 rings (SSSR count). The van der Waals surface area contributed by atoms with Gasteiger partial charge in [0.2, 0.25) is 0 Å². The van der Waals surface area contributed by atoms with Crippen molar-refractivity contribution in [3.63, 3.8) is 0 Å². The molecule has 116 valence electrons. The van der Waals surface area contributed by atoms with E-state index in [4.69, 9.17) is 0 Å². The number of rotatable bonds is 3. The fourth-order valence-corrected chi connectivity index (χ4v) is 2.91. The first-order chi connectivity index (χ1) is 11.1. The number of anilines is 1.